The minimum Gasteiger partial charge on any atom is -0.478 e. The smallest absolute Gasteiger partial charge is 0.337 e. The van der Waals surface area contributed by atoms with Crippen LogP contribution in [-0.2, 0) is 0 Å². The molecular formula is C11H12N2O4. The molecule has 1 aromatic rings. The number of benzene rings is 1. The number of carboxylic acid groups (broad SMARTS) is 1. The molecule has 0 aliphatic heterocycles. The van der Waals surface area contributed by atoms with Gasteiger partial charge in [-0.1, -0.05) is 0 Å². The Morgan fingerprint density at radius 2 is 2.24 bits per heavy atom. The number of nitrogens with one attached hydrogen (secondary N) is 1. The average Bonchev–Trinajstić information content (AvgIpc) is 2.35. The van der Waals surface area contributed by atoms with Gasteiger partial charge in [0.05, 0.1) is 29.9 Å². The van der Waals surface area contributed by atoms with Crippen LogP contribution in [0.4, 0.5) is 5.69 Å². The van der Waals surface area contributed by atoms with Crippen molar-refractivity contribution < 1.29 is 20.1 Å². The van der Waals surface area contributed by atoms with Gasteiger partial charge in [0.1, 0.15) is 0 Å². The molecule has 0 aliphatic carbocycles. The van der Waals surface area contributed by atoms with E-state index in [1.807, 2.05) is 6.07 Å². The maximum absolute atomic E-state index is 10.9. The van der Waals surface area contributed by atoms with Crippen LogP contribution in [0, 0.1) is 11.3 Å². The highest BCUT2D eigenvalue weighted by Crippen LogP contribution is 2.17. The molecule has 0 aromatic heterocycles. The topological polar surface area (TPSA) is 114 Å². The number of hydrogen-bond acceptors (Lipinski definition) is 5. The summed E-state index contributed by atoms with van der Waals surface area (Å²) >= 11 is 0. The summed E-state index contributed by atoms with van der Waals surface area (Å²) in [6.45, 7) is -0.381. The molecule has 0 amide bonds. The van der Waals surface area contributed by atoms with Gasteiger partial charge in [0.2, 0.25) is 0 Å². The predicted molar refractivity (Wildman–Crippen MR) is 59.7 cm³/mol. The van der Waals surface area contributed by atoms with E-state index in [4.69, 9.17) is 20.6 Å². The molecule has 6 heteroatoms. The molecule has 1 rings (SSSR count). The van der Waals surface area contributed by atoms with Crippen LogP contribution in [0.15, 0.2) is 18.2 Å². The van der Waals surface area contributed by atoms with Gasteiger partial charge >= 0.3 is 5.97 Å². The van der Waals surface area contributed by atoms with Gasteiger partial charge < -0.3 is 20.6 Å². The molecule has 1 atom stereocenters. The highest BCUT2D eigenvalue weighted by atomic mass is 16.4. The van der Waals surface area contributed by atoms with E-state index >= 15 is 0 Å². The fraction of sp³-hybridized carbons (Fsp3) is 0.273. The molecule has 0 spiro atoms. The summed E-state index contributed by atoms with van der Waals surface area (Å²) in [5, 5.41) is 38.1. The zero-order valence-corrected chi connectivity index (χ0v) is 8.92. The standard InChI is InChI=1S/C11H12N2O4/c12-4-7-1-2-10(9(3-7)11(16)17)13-5-8(15)6-14/h1-3,8,13-15H,5-6H2,(H,16,17). The molecule has 4 N–H and O–H groups in total. The molecule has 6 nitrogen and oxygen atoms in total. The number of aromatic carboxylic acids is 1. The summed E-state index contributed by atoms with van der Waals surface area (Å²) in [5.74, 6) is -1.16. The SMILES string of the molecule is N#Cc1ccc(NCC(O)CO)c(C(=O)O)c1. The first-order valence-electron chi connectivity index (χ1n) is 4.88. The number of aliphatic hydroxyl groups excluding tert-OH is 2. The minimum atomic E-state index is -1.16. The lowest BCUT2D eigenvalue weighted by Crippen LogP contribution is -2.23. The first kappa shape index (κ1) is 13.0. The summed E-state index contributed by atoms with van der Waals surface area (Å²) in [6.07, 6.45) is -0.965. The lowest BCUT2D eigenvalue weighted by atomic mass is 10.1. The van der Waals surface area contributed by atoms with Crippen LogP contribution >= 0.6 is 0 Å². The first-order valence-corrected chi connectivity index (χ1v) is 4.88. The number of hydrogen-bond donors (Lipinski definition) is 4. The highest BCUT2D eigenvalue weighted by Gasteiger charge is 2.12. The van der Waals surface area contributed by atoms with Crippen molar-refractivity contribution in [3.63, 3.8) is 0 Å². The second-order valence-corrected chi connectivity index (χ2v) is 3.39. The highest BCUT2D eigenvalue weighted by molar-refractivity contribution is 5.94. The third-order valence-electron chi connectivity index (χ3n) is 2.12. The second kappa shape index (κ2) is 5.84. The molecule has 0 fully saturated rings. The molecule has 0 bridgehead atoms. The van der Waals surface area contributed by atoms with Gasteiger partial charge in [0.15, 0.2) is 0 Å². The van der Waals surface area contributed by atoms with Crippen LogP contribution in [0.1, 0.15) is 15.9 Å². The van der Waals surface area contributed by atoms with E-state index in [1.54, 1.807) is 0 Å². The van der Waals surface area contributed by atoms with E-state index in [0.29, 0.717) is 5.69 Å². The van der Waals surface area contributed by atoms with Gasteiger partial charge in [-0.25, -0.2) is 4.79 Å². The quantitative estimate of drug-likeness (QED) is 0.573. The van der Waals surface area contributed by atoms with E-state index in [0.717, 1.165) is 0 Å². The lowest BCUT2D eigenvalue weighted by Gasteiger charge is -2.12. The Morgan fingerprint density at radius 3 is 2.76 bits per heavy atom. The predicted octanol–water partition coefficient (Wildman–Crippen LogP) is 0.0216. The number of carbonyl (C=O) groups is 1. The lowest BCUT2D eigenvalue weighted by molar-refractivity contribution is 0.0697. The van der Waals surface area contributed by atoms with E-state index in [1.165, 1.54) is 18.2 Å². The Morgan fingerprint density at radius 1 is 1.53 bits per heavy atom. The van der Waals surface area contributed by atoms with Crippen molar-refractivity contribution in [1.82, 2.24) is 0 Å². The first-order chi connectivity index (χ1) is 8.08. The van der Waals surface area contributed by atoms with Crippen molar-refractivity contribution in [2.45, 2.75) is 6.10 Å². The van der Waals surface area contributed by atoms with E-state index in [-0.39, 0.29) is 17.7 Å². The van der Waals surface area contributed by atoms with Crippen LogP contribution in [0.2, 0.25) is 0 Å². The molecule has 0 saturated heterocycles. The minimum absolute atomic E-state index is 0.0304. The summed E-state index contributed by atoms with van der Waals surface area (Å²) < 4.78 is 0. The molecule has 90 valence electrons. The fourth-order valence-corrected chi connectivity index (χ4v) is 1.24. The number of carboxylic acids is 1. The molecule has 1 unspecified atom stereocenters. The van der Waals surface area contributed by atoms with Gasteiger partial charge in [0, 0.05) is 12.2 Å². The van der Waals surface area contributed by atoms with Crippen LogP contribution in [0.5, 0.6) is 0 Å². The Hall–Kier alpha value is -2.10. The zero-order chi connectivity index (χ0) is 12.8. The molecule has 0 aliphatic rings. The largest absolute Gasteiger partial charge is 0.478 e. The Kier molecular flexibility index (Phi) is 4.46. The summed E-state index contributed by atoms with van der Waals surface area (Å²) in [6, 6.07) is 6.01. The van der Waals surface area contributed by atoms with Crippen molar-refractivity contribution in [3.05, 3.63) is 29.3 Å². The normalized spacial score (nSPS) is 11.6. The Balaban J connectivity index is 2.92. The van der Waals surface area contributed by atoms with Gasteiger partial charge in [-0.15, -0.1) is 0 Å². The van der Waals surface area contributed by atoms with E-state index in [9.17, 15) is 4.79 Å². The van der Waals surface area contributed by atoms with Gasteiger partial charge in [-0.3, -0.25) is 0 Å². The van der Waals surface area contributed by atoms with Crippen molar-refractivity contribution in [3.8, 4) is 6.07 Å². The third kappa shape index (κ3) is 3.45. The molecule has 0 radical (unpaired) electrons. The number of nitriles is 1. The average molecular weight is 236 g/mol. The van der Waals surface area contributed by atoms with Gasteiger partial charge in [-0.2, -0.15) is 5.26 Å². The van der Waals surface area contributed by atoms with Crippen molar-refractivity contribution >= 4 is 11.7 Å². The Bertz CT molecular complexity index is 453. The monoisotopic (exact) mass is 236 g/mol. The summed E-state index contributed by atoms with van der Waals surface area (Å²) in [7, 11) is 0. The van der Waals surface area contributed by atoms with E-state index < -0.39 is 18.7 Å². The van der Waals surface area contributed by atoms with Crippen LogP contribution < -0.4 is 5.32 Å². The van der Waals surface area contributed by atoms with Crippen LogP contribution in [0.25, 0.3) is 0 Å². The molecule has 0 heterocycles. The molecular weight excluding hydrogens is 224 g/mol. The fourth-order valence-electron chi connectivity index (χ4n) is 1.24. The van der Waals surface area contributed by atoms with Crippen LogP contribution in [-0.4, -0.2) is 40.5 Å². The maximum atomic E-state index is 10.9. The number of nitrogens with zero attached hydrogens (tertiary/aromatic N) is 1. The third-order valence-corrected chi connectivity index (χ3v) is 2.12. The number of anilines is 1. The van der Waals surface area contributed by atoms with Crippen molar-refractivity contribution in [2.75, 3.05) is 18.5 Å². The molecule has 17 heavy (non-hydrogen) atoms. The molecule has 1 aromatic carbocycles. The van der Waals surface area contributed by atoms with Gasteiger partial charge in [0.25, 0.3) is 0 Å². The number of aliphatic hydroxyl groups is 2. The second-order valence-electron chi connectivity index (χ2n) is 3.39. The summed E-state index contributed by atoms with van der Waals surface area (Å²) in [5.41, 5.74) is 0.494. The zero-order valence-electron chi connectivity index (χ0n) is 8.92. The number of rotatable bonds is 5. The van der Waals surface area contributed by atoms with Crippen molar-refractivity contribution in [1.29, 1.82) is 5.26 Å². The maximum Gasteiger partial charge on any atom is 0.337 e. The van der Waals surface area contributed by atoms with E-state index in [2.05, 4.69) is 5.32 Å². The van der Waals surface area contributed by atoms with Gasteiger partial charge in [-0.05, 0) is 18.2 Å². The Labute approximate surface area is 97.7 Å². The van der Waals surface area contributed by atoms with Crippen LogP contribution in [0.3, 0.4) is 0 Å². The van der Waals surface area contributed by atoms with Crippen molar-refractivity contribution in [2.24, 2.45) is 0 Å². The summed E-state index contributed by atoms with van der Waals surface area (Å²) in [4.78, 5) is 10.9. The molecule has 0 saturated carbocycles.